The van der Waals surface area contributed by atoms with E-state index in [0.29, 0.717) is 13.2 Å². The lowest BCUT2D eigenvalue weighted by Crippen LogP contribution is -2.50. The molecule has 0 aliphatic heterocycles. The maximum absolute atomic E-state index is 11.5. The van der Waals surface area contributed by atoms with Gasteiger partial charge in [0.05, 0.1) is 11.6 Å². The largest absolute Gasteiger partial charge is 0.375 e. The van der Waals surface area contributed by atoms with E-state index in [1.165, 1.54) is 7.05 Å². The fourth-order valence-corrected chi connectivity index (χ4v) is 1.22. The Kier molecular flexibility index (Phi) is 6.75. The molecule has 0 aromatic carbocycles. The molecule has 0 aliphatic rings. The van der Waals surface area contributed by atoms with Gasteiger partial charge in [-0.15, -0.1) is 0 Å². The maximum Gasteiger partial charge on any atom is 0.321 e. The van der Waals surface area contributed by atoms with E-state index in [1.54, 1.807) is 6.92 Å². The minimum Gasteiger partial charge on any atom is -0.375 e. The van der Waals surface area contributed by atoms with Crippen molar-refractivity contribution in [3.8, 4) is 0 Å². The summed E-state index contributed by atoms with van der Waals surface area (Å²) >= 11 is 0. The zero-order chi connectivity index (χ0) is 13.5. The van der Waals surface area contributed by atoms with Crippen LogP contribution in [0.4, 0.5) is 4.79 Å². The molecule has 0 aromatic rings. The van der Waals surface area contributed by atoms with E-state index in [-0.39, 0.29) is 11.5 Å². The normalized spacial score (nSPS) is 13.0. The van der Waals surface area contributed by atoms with E-state index in [9.17, 15) is 9.59 Å². The molecule has 6 heteroatoms. The predicted octanol–water partition coefficient (Wildman–Crippen LogP) is 0.235. The second kappa shape index (κ2) is 7.24. The van der Waals surface area contributed by atoms with E-state index in [4.69, 9.17) is 4.74 Å². The molecule has 3 N–H and O–H groups in total. The highest BCUT2D eigenvalue weighted by atomic mass is 16.5. The molecule has 0 bridgehead atoms. The summed E-state index contributed by atoms with van der Waals surface area (Å²) in [5, 5.41) is 7.55. The third kappa shape index (κ3) is 6.91. The Hall–Kier alpha value is -1.14. The topological polar surface area (TPSA) is 79.5 Å². The molecule has 1 unspecified atom stereocenters. The first-order chi connectivity index (χ1) is 7.82. The zero-order valence-electron chi connectivity index (χ0n) is 11.2. The van der Waals surface area contributed by atoms with Crippen LogP contribution in [0.3, 0.4) is 0 Å². The molecule has 6 nitrogen and oxygen atoms in total. The lowest BCUT2D eigenvalue weighted by Gasteiger charge is -2.26. The van der Waals surface area contributed by atoms with Gasteiger partial charge in [0.1, 0.15) is 0 Å². The molecule has 0 radical (unpaired) electrons. The number of hydrogen-bond donors (Lipinski definition) is 3. The summed E-state index contributed by atoms with van der Waals surface area (Å²) in [7, 11) is 1.46. The van der Waals surface area contributed by atoms with Crippen molar-refractivity contribution in [3.05, 3.63) is 0 Å². The van der Waals surface area contributed by atoms with Crippen LogP contribution < -0.4 is 16.0 Å². The average Bonchev–Trinajstić information content (AvgIpc) is 2.25. The monoisotopic (exact) mass is 245 g/mol. The Bertz CT molecular complexity index is 267. The van der Waals surface area contributed by atoms with Crippen molar-refractivity contribution in [3.63, 3.8) is 0 Å². The SMILES string of the molecule is CCOC(C)(C)CNC(C)C(=O)NC(=O)NC. The number of nitrogens with one attached hydrogen (secondary N) is 3. The highest BCUT2D eigenvalue weighted by molar-refractivity contribution is 5.96. The lowest BCUT2D eigenvalue weighted by atomic mass is 10.1. The minimum atomic E-state index is -0.507. The highest BCUT2D eigenvalue weighted by Gasteiger charge is 2.21. The Labute approximate surface area is 102 Å². The number of urea groups is 1. The van der Waals surface area contributed by atoms with Crippen molar-refractivity contribution in [1.82, 2.24) is 16.0 Å². The van der Waals surface area contributed by atoms with Gasteiger partial charge in [0, 0.05) is 20.2 Å². The van der Waals surface area contributed by atoms with Gasteiger partial charge in [0.15, 0.2) is 0 Å². The van der Waals surface area contributed by atoms with Gasteiger partial charge in [-0.05, 0) is 27.7 Å². The summed E-state index contributed by atoms with van der Waals surface area (Å²) < 4.78 is 5.49. The van der Waals surface area contributed by atoms with Crippen LogP contribution in [0, 0.1) is 0 Å². The van der Waals surface area contributed by atoms with Crippen LogP contribution in [-0.2, 0) is 9.53 Å². The standard InChI is InChI=1S/C11H23N3O3/c1-6-17-11(3,4)7-13-8(2)9(15)14-10(16)12-5/h8,13H,6-7H2,1-5H3,(H2,12,14,15,16). The fourth-order valence-electron chi connectivity index (χ4n) is 1.22. The molecule has 0 saturated heterocycles. The molecule has 3 amide bonds. The van der Waals surface area contributed by atoms with Crippen LogP contribution in [0.1, 0.15) is 27.7 Å². The molecular formula is C11H23N3O3. The summed E-state index contributed by atoms with van der Waals surface area (Å²) in [6.07, 6.45) is 0. The number of ether oxygens (including phenoxy) is 1. The molecule has 17 heavy (non-hydrogen) atoms. The molecule has 0 aliphatic carbocycles. The van der Waals surface area contributed by atoms with Crippen molar-refractivity contribution < 1.29 is 14.3 Å². The van der Waals surface area contributed by atoms with Gasteiger partial charge in [0.25, 0.3) is 0 Å². The van der Waals surface area contributed by atoms with Crippen molar-refractivity contribution in [2.75, 3.05) is 20.2 Å². The molecule has 1 atom stereocenters. The summed E-state index contributed by atoms with van der Waals surface area (Å²) in [6.45, 7) is 8.64. The molecule has 0 saturated carbocycles. The van der Waals surface area contributed by atoms with Crippen molar-refractivity contribution >= 4 is 11.9 Å². The summed E-state index contributed by atoms with van der Waals surface area (Å²) in [4.78, 5) is 22.4. The van der Waals surface area contributed by atoms with E-state index in [1.807, 2.05) is 20.8 Å². The zero-order valence-corrected chi connectivity index (χ0v) is 11.2. The molecule has 0 aromatic heterocycles. The first kappa shape index (κ1) is 15.9. The lowest BCUT2D eigenvalue weighted by molar-refractivity contribution is -0.122. The van der Waals surface area contributed by atoms with Crippen LogP contribution in [0.5, 0.6) is 0 Å². The Morgan fingerprint density at radius 1 is 1.35 bits per heavy atom. The van der Waals surface area contributed by atoms with Crippen LogP contribution >= 0.6 is 0 Å². The molecule has 0 spiro atoms. The van der Waals surface area contributed by atoms with Gasteiger partial charge in [-0.1, -0.05) is 0 Å². The van der Waals surface area contributed by atoms with Crippen molar-refractivity contribution in [1.29, 1.82) is 0 Å². The molecule has 0 rings (SSSR count). The van der Waals surface area contributed by atoms with E-state index in [2.05, 4.69) is 16.0 Å². The Balaban J connectivity index is 4.04. The second-order valence-electron chi connectivity index (χ2n) is 4.36. The highest BCUT2D eigenvalue weighted by Crippen LogP contribution is 2.07. The number of carbonyl (C=O) groups is 2. The van der Waals surface area contributed by atoms with Crippen LogP contribution in [0.2, 0.25) is 0 Å². The summed E-state index contributed by atoms with van der Waals surface area (Å²) in [6, 6.07) is -0.959. The van der Waals surface area contributed by atoms with Crippen LogP contribution in [0.25, 0.3) is 0 Å². The fraction of sp³-hybridized carbons (Fsp3) is 0.818. The Morgan fingerprint density at radius 3 is 2.41 bits per heavy atom. The number of amides is 3. The van der Waals surface area contributed by atoms with Gasteiger partial charge in [-0.3, -0.25) is 10.1 Å². The van der Waals surface area contributed by atoms with E-state index >= 15 is 0 Å². The third-order valence-electron chi connectivity index (χ3n) is 2.23. The average molecular weight is 245 g/mol. The Morgan fingerprint density at radius 2 is 1.94 bits per heavy atom. The first-order valence-electron chi connectivity index (χ1n) is 5.72. The number of carbonyl (C=O) groups excluding carboxylic acids is 2. The van der Waals surface area contributed by atoms with Gasteiger partial charge in [0.2, 0.25) is 5.91 Å². The predicted molar refractivity (Wildman–Crippen MR) is 65.8 cm³/mol. The molecule has 100 valence electrons. The summed E-state index contributed by atoms with van der Waals surface area (Å²) in [5.74, 6) is -0.364. The number of imide groups is 1. The maximum atomic E-state index is 11.5. The number of hydrogen-bond acceptors (Lipinski definition) is 4. The van der Waals surface area contributed by atoms with Gasteiger partial charge in [-0.25, -0.2) is 4.79 Å². The van der Waals surface area contributed by atoms with Gasteiger partial charge in [-0.2, -0.15) is 0 Å². The summed E-state index contributed by atoms with van der Waals surface area (Å²) in [5.41, 5.74) is -0.337. The molecular weight excluding hydrogens is 222 g/mol. The third-order valence-corrected chi connectivity index (χ3v) is 2.23. The smallest absolute Gasteiger partial charge is 0.321 e. The van der Waals surface area contributed by atoms with Gasteiger partial charge < -0.3 is 15.4 Å². The van der Waals surface area contributed by atoms with E-state index < -0.39 is 12.1 Å². The van der Waals surface area contributed by atoms with E-state index in [0.717, 1.165) is 0 Å². The molecule has 0 fully saturated rings. The van der Waals surface area contributed by atoms with Gasteiger partial charge >= 0.3 is 6.03 Å². The second-order valence-corrected chi connectivity index (χ2v) is 4.36. The van der Waals surface area contributed by atoms with Crippen molar-refractivity contribution in [2.45, 2.75) is 39.3 Å². The van der Waals surface area contributed by atoms with Crippen LogP contribution in [-0.4, -0.2) is 43.8 Å². The van der Waals surface area contributed by atoms with Crippen LogP contribution in [0.15, 0.2) is 0 Å². The minimum absolute atomic E-state index is 0.337. The van der Waals surface area contributed by atoms with Crippen molar-refractivity contribution in [2.24, 2.45) is 0 Å². The molecule has 0 heterocycles. The number of rotatable bonds is 6. The quantitative estimate of drug-likeness (QED) is 0.626. The first-order valence-corrected chi connectivity index (χ1v) is 5.72.